The average molecular weight is 307 g/mol. The lowest BCUT2D eigenvalue weighted by Gasteiger charge is -2.33. The van der Waals surface area contributed by atoms with Crippen LogP contribution in [-0.4, -0.2) is 23.3 Å². The van der Waals surface area contributed by atoms with Gasteiger partial charge in [0.15, 0.2) is 0 Å². The second-order valence-corrected chi connectivity index (χ2v) is 6.02. The summed E-state index contributed by atoms with van der Waals surface area (Å²) in [5.74, 6) is -2.31. The van der Waals surface area contributed by atoms with Crippen LogP contribution in [-0.2, 0) is 6.54 Å². The first-order chi connectivity index (χ1) is 9.38. The Hall–Kier alpha value is -1.08. The molecule has 1 heterocycles. The molecule has 1 aliphatic carbocycles. The number of alkyl halides is 3. The second-order valence-electron chi connectivity index (χ2n) is 5.03. The molecule has 7 heteroatoms. The fraction of sp³-hybridized carbons (Fsp3) is 0.615. The Labute approximate surface area is 118 Å². The highest BCUT2D eigenvalue weighted by Crippen LogP contribution is 2.37. The zero-order valence-corrected chi connectivity index (χ0v) is 11.6. The van der Waals surface area contributed by atoms with Gasteiger partial charge in [0.05, 0.1) is 11.5 Å². The van der Waals surface area contributed by atoms with E-state index >= 15 is 0 Å². The molecule has 2 unspecified atom stereocenters. The summed E-state index contributed by atoms with van der Waals surface area (Å²) in [5.41, 5.74) is 0.183. The topological polar surface area (TPSA) is 49.3 Å². The van der Waals surface area contributed by atoms with E-state index in [2.05, 4.69) is 5.32 Å². The van der Waals surface area contributed by atoms with Crippen molar-refractivity contribution < 1.29 is 23.1 Å². The summed E-state index contributed by atoms with van der Waals surface area (Å²) in [6, 6.07) is 0.935. The first kappa shape index (κ1) is 15.3. The van der Waals surface area contributed by atoms with Gasteiger partial charge in [-0.3, -0.25) is 0 Å². The fourth-order valence-electron chi connectivity index (χ4n) is 2.58. The van der Waals surface area contributed by atoms with Crippen LogP contribution in [0.5, 0.6) is 0 Å². The summed E-state index contributed by atoms with van der Waals surface area (Å²) < 4.78 is 38.7. The van der Waals surface area contributed by atoms with Crippen molar-refractivity contribution in [1.29, 1.82) is 0 Å². The van der Waals surface area contributed by atoms with E-state index in [-0.39, 0.29) is 18.5 Å². The van der Waals surface area contributed by atoms with Crippen LogP contribution in [0.3, 0.4) is 0 Å². The van der Waals surface area contributed by atoms with Gasteiger partial charge in [0, 0.05) is 22.8 Å². The minimum absolute atomic E-state index is 0.173. The van der Waals surface area contributed by atoms with Crippen molar-refractivity contribution in [2.45, 2.75) is 44.4 Å². The minimum Gasteiger partial charge on any atom is -0.478 e. The highest BCUT2D eigenvalue weighted by molar-refractivity contribution is 7.10. The van der Waals surface area contributed by atoms with Crippen LogP contribution in [0.2, 0.25) is 0 Å². The van der Waals surface area contributed by atoms with E-state index in [1.54, 1.807) is 0 Å². The smallest absolute Gasteiger partial charge is 0.393 e. The maximum absolute atomic E-state index is 12.9. The number of carboxylic acids is 1. The van der Waals surface area contributed by atoms with Gasteiger partial charge in [-0.15, -0.1) is 11.3 Å². The van der Waals surface area contributed by atoms with E-state index in [4.69, 9.17) is 5.11 Å². The zero-order valence-electron chi connectivity index (χ0n) is 10.7. The highest BCUT2D eigenvalue weighted by atomic mass is 32.1. The molecule has 3 nitrogen and oxygen atoms in total. The van der Waals surface area contributed by atoms with Crippen molar-refractivity contribution in [2.24, 2.45) is 5.92 Å². The number of nitrogens with one attached hydrogen (secondary N) is 1. The van der Waals surface area contributed by atoms with E-state index in [0.29, 0.717) is 12.8 Å². The summed E-state index contributed by atoms with van der Waals surface area (Å²) in [5, 5.41) is 13.2. The molecule has 0 bridgehead atoms. The number of aromatic carboxylic acids is 1. The van der Waals surface area contributed by atoms with Gasteiger partial charge in [-0.05, 0) is 18.9 Å². The molecule has 0 amide bonds. The summed E-state index contributed by atoms with van der Waals surface area (Å²) >= 11 is 1.25. The Balaban J connectivity index is 1.95. The quantitative estimate of drug-likeness (QED) is 0.892. The maximum atomic E-state index is 12.9. The fourth-order valence-corrected chi connectivity index (χ4v) is 3.39. The lowest BCUT2D eigenvalue weighted by Crippen LogP contribution is -2.45. The predicted molar refractivity (Wildman–Crippen MR) is 69.9 cm³/mol. The monoisotopic (exact) mass is 307 g/mol. The van der Waals surface area contributed by atoms with Crippen LogP contribution in [0.1, 0.15) is 40.9 Å². The van der Waals surface area contributed by atoms with Gasteiger partial charge >= 0.3 is 12.1 Å². The SMILES string of the molecule is O=C(O)c1csc(CNC2CCCCC2C(F)(F)F)c1. The number of carboxylic acid groups (broad SMARTS) is 1. The zero-order chi connectivity index (χ0) is 14.8. The van der Waals surface area contributed by atoms with Crippen LogP contribution in [0.4, 0.5) is 13.2 Å². The molecule has 0 spiro atoms. The van der Waals surface area contributed by atoms with E-state index in [1.165, 1.54) is 22.8 Å². The molecule has 1 saturated carbocycles. The normalized spacial score (nSPS) is 23.8. The summed E-state index contributed by atoms with van der Waals surface area (Å²) in [6.45, 7) is 0.287. The molecule has 0 aliphatic heterocycles. The molecule has 0 saturated heterocycles. The third-order valence-corrected chi connectivity index (χ3v) is 4.56. The molecule has 1 aliphatic rings. The lowest BCUT2D eigenvalue weighted by molar-refractivity contribution is -0.189. The Morgan fingerprint density at radius 1 is 1.40 bits per heavy atom. The summed E-state index contributed by atoms with van der Waals surface area (Å²) in [6.07, 6.45) is -2.06. The highest BCUT2D eigenvalue weighted by Gasteiger charge is 2.45. The van der Waals surface area contributed by atoms with E-state index in [1.807, 2.05) is 0 Å². The Kier molecular flexibility index (Phi) is 4.70. The van der Waals surface area contributed by atoms with Crippen LogP contribution >= 0.6 is 11.3 Å². The van der Waals surface area contributed by atoms with Crippen LogP contribution in [0.15, 0.2) is 11.4 Å². The molecule has 0 radical (unpaired) electrons. The third kappa shape index (κ3) is 3.73. The molecule has 1 aromatic heterocycles. The molecule has 20 heavy (non-hydrogen) atoms. The minimum atomic E-state index is -4.17. The van der Waals surface area contributed by atoms with Gasteiger partial charge in [0.1, 0.15) is 0 Å². The number of halogens is 3. The van der Waals surface area contributed by atoms with Gasteiger partial charge < -0.3 is 10.4 Å². The number of thiophene rings is 1. The second kappa shape index (κ2) is 6.13. The van der Waals surface area contributed by atoms with E-state index in [0.717, 1.165) is 11.3 Å². The lowest BCUT2D eigenvalue weighted by atomic mass is 9.84. The number of rotatable bonds is 4. The third-order valence-electron chi connectivity index (χ3n) is 3.63. The largest absolute Gasteiger partial charge is 0.478 e. The first-order valence-corrected chi connectivity index (χ1v) is 7.36. The maximum Gasteiger partial charge on any atom is 0.393 e. The van der Waals surface area contributed by atoms with Gasteiger partial charge in [0.25, 0.3) is 0 Å². The number of hydrogen-bond acceptors (Lipinski definition) is 3. The molecule has 2 N–H and O–H groups in total. The van der Waals surface area contributed by atoms with Crippen molar-refractivity contribution in [3.63, 3.8) is 0 Å². The first-order valence-electron chi connectivity index (χ1n) is 6.48. The molecule has 2 rings (SSSR count). The molecular weight excluding hydrogens is 291 g/mol. The van der Waals surface area contributed by atoms with Gasteiger partial charge in [-0.1, -0.05) is 12.8 Å². The number of hydrogen-bond donors (Lipinski definition) is 2. The molecular formula is C13H16F3NO2S. The van der Waals surface area contributed by atoms with Gasteiger partial charge in [0.2, 0.25) is 0 Å². The number of carbonyl (C=O) groups is 1. The molecule has 112 valence electrons. The molecule has 2 atom stereocenters. The van der Waals surface area contributed by atoms with Crippen LogP contribution in [0.25, 0.3) is 0 Å². The van der Waals surface area contributed by atoms with E-state index in [9.17, 15) is 18.0 Å². The van der Waals surface area contributed by atoms with Crippen molar-refractivity contribution >= 4 is 17.3 Å². The summed E-state index contributed by atoms with van der Waals surface area (Å²) in [7, 11) is 0. The molecule has 1 aromatic rings. The Morgan fingerprint density at radius 2 is 2.10 bits per heavy atom. The van der Waals surface area contributed by atoms with Gasteiger partial charge in [-0.25, -0.2) is 4.79 Å². The Bertz CT molecular complexity index is 472. The van der Waals surface area contributed by atoms with Crippen molar-refractivity contribution in [1.82, 2.24) is 5.32 Å². The average Bonchev–Trinajstić information content (AvgIpc) is 2.84. The molecule has 0 aromatic carbocycles. The van der Waals surface area contributed by atoms with Crippen LogP contribution < -0.4 is 5.32 Å². The predicted octanol–water partition coefficient (Wildman–Crippen LogP) is 3.66. The van der Waals surface area contributed by atoms with E-state index < -0.39 is 24.1 Å². The van der Waals surface area contributed by atoms with Crippen molar-refractivity contribution in [3.05, 3.63) is 21.9 Å². The molecule has 1 fully saturated rings. The van der Waals surface area contributed by atoms with Crippen LogP contribution in [0, 0.1) is 5.92 Å². The van der Waals surface area contributed by atoms with Crippen molar-refractivity contribution in [2.75, 3.05) is 0 Å². The summed E-state index contributed by atoms with van der Waals surface area (Å²) in [4.78, 5) is 11.5. The Morgan fingerprint density at radius 3 is 2.70 bits per heavy atom. The van der Waals surface area contributed by atoms with Crippen molar-refractivity contribution in [3.8, 4) is 0 Å². The van der Waals surface area contributed by atoms with Gasteiger partial charge in [-0.2, -0.15) is 13.2 Å². The standard InChI is InChI=1S/C13H16F3NO2S/c14-13(15,16)10-3-1-2-4-11(10)17-6-9-5-8(7-20-9)12(18)19/h5,7,10-11,17H,1-4,6H2,(H,18,19).